The van der Waals surface area contributed by atoms with E-state index >= 15 is 0 Å². The standard InChI is InChI=1S/C27H32N4O4/c1-20-6-4-5-7-24(20)28-27(33)19-31-18-26(35-3)25(32)16-22(31)17-29-12-14-30(15-13-29)21-8-10-23(34-2)11-9-21/h4-11,16,18H,12-15,17,19H2,1-3H3,(H,28,33). The van der Waals surface area contributed by atoms with E-state index in [4.69, 9.17) is 9.47 Å². The number of aromatic nitrogens is 1. The predicted molar refractivity (Wildman–Crippen MR) is 138 cm³/mol. The molecule has 0 aliphatic carbocycles. The summed E-state index contributed by atoms with van der Waals surface area (Å²) < 4.78 is 12.3. The molecule has 3 aromatic rings. The first kappa shape index (κ1) is 24.3. The highest BCUT2D eigenvalue weighted by Crippen LogP contribution is 2.21. The van der Waals surface area contributed by atoms with Gasteiger partial charge in [0.25, 0.3) is 0 Å². The summed E-state index contributed by atoms with van der Waals surface area (Å²) in [5, 5.41) is 2.97. The van der Waals surface area contributed by atoms with Crippen molar-refractivity contribution in [2.45, 2.75) is 20.0 Å². The van der Waals surface area contributed by atoms with Crippen LogP contribution < -0.4 is 25.1 Å². The van der Waals surface area contributed by atoms with Crippen LogP contribution in [0.4, 0.5) is 11.4 Å². The van der Waals surface area contributed by atoms with Gasteiger partial charge in [-0.2, -0.15) is 0 Å². The van der Waals surface area contributed by atoms with E-state index in [9.17, 15) is 9.59 Å². The van der Waals surface area contributed by atoms with E-state index in [1.807, 2.05) is 47.9 Å². The van der Waals surface area contributed by atoms with Gasteiger partial charge in [-0.1, -0.05) is 18.2 Å². The van der Waals surface area contributed by atoms with E-state index in [1.54, 1.807) is 19.4 Å². The van der Waals surface area contributed by atoms with Gasteiger partial charge in [0.2, 0.25) is 11.3 Å². The number of aryl methyl sites for hydroxylation is 1. The number of nitrogens with zero attached hydrogens (tertiary/aromatic N) is 3. The van der Waals surface area contributed by atoms with Crippen LogP contribution in [0.5, 0.6) is 11.5 Å². The molecule has 0 unspecified atom stereocenters. The van der Waals surface area contributed by atoms with Gasteiger partial charge in [-0.15, -0.1) is 0 Å². The number of para-hydroxylation sites is 1. The Kier molecular flexibility index (Phi) is 7.72. The third-order valence-corrected chi connectivity index (χ3v) is 6.33. The second kappa shape index (κ2) is 11.1. The van der Waals surface area contributed by atoms with Crippen LogP contribution in [0.2, 0.25) is 0 Å². The van der Waals surface area contributed by atoms with Crippen molar-refractivity contribution in [2.24, 2.45) is 0 Å². The van der Waals surface area contributed by atoms with Gasteiger partial charge in [0.05, 0.1) is 20.4 Å². The Morgan fingerprint density at radius 2 is 1.69 bits per heavy atom. The zero-order valence-electron chi connectivity index (χ0n) is 20.5. The molecular formula is C27H32N4O4. The third-order valence-electron chi connectivity index (χ3n) is 6.33. The van der Waals surface area contributed by atoms with Crippen LogP contribution in [-0.4, -0.2) is 55.8 Å². The van der Waals surface area contributed by atoms with Crippen LogP contribution >= 0.6 is 0 Å². The van der Waals surface area contributed by atoms with Crippen molar-refractivity contribution in [3.05, 3.63) is 82.3 Å². The zero-order chi connectivity index (χ0) is 24.8. The predicted octanol–water partition coefficient (Wildman–Crippen LogP) is 3.13. The van der Waals surface area contributed by atoms with Crippen molar-refractivity contribution in [3.8, 4) is 11.5 Å². The number of anilines is 2. The van der Waals surface area contributed by atoms with E-state index in [1.165, 1.54) is 12.8 Å². The molecule has 8 heteroatoms. The molecule has 1 aromatic heterocycles. The number of ether oxygens (including phenoxy) is 2. The summed E-state index contributed by atoms with van der Waals surface area (Å²) in [5.74, 6) is 0.911. The highest BCUT2D eigenvalue weighted by molar-refractivity contribution is 5.91. The monoisotopic (exact) mass is 476 g/mol. The average molecular weight is 477 g/mol. The highest BCUT2D eigenvalue weighted by Gasteiger charge is 2.20. The Morgan fingerprint density at radius 1 is 0.971 bits per heavy atom. The second-order valence-corrected chi connectivity index (χ2v) is 8.65. The number of carbonyl (C=O) groups excluding carboxylic acids is 1. The number of rotatable bonds is 8. The van der Waals surface area contributed by atoms with E-state index in [2.05, 4.69) is 27.2 Å². The number of benzene rings is 2. The topological polar surface area (TPSA) is 76.0 Å². The maximum absolute atomic E-state index is 12.8. The lowest BCUT2D eigenvalue weighted by Crippen LogP contribution is -2.46. The largest absolute Gasteiger partial charge is 0.497 e. The Hall–Kier alpha value is -3.78. The Balaban J connectivity index is 1.44. The lowest BCUT2D eigenvalue weighted by molar-refractivity contribution is -0.116. The van der Waals surface area contributed by atoms with E-state index in [0.29, 0.717) is 6.54 Å². The van der Waals surface area contributed by atoms with Crippen molar-refractivity contribution in [2.75, 3.05) is 50.6 Å². The fourth-order valence-electron chi connectivity index (χ4n) is 4.27. The van der Waals surface area contributed by atoms with Crippen molar-refractivity contribution in [1.29, 1.82) is 0 Å². The quantitative estimate of drug-likeness (QED) is 0.538. The summed E-state index contributed by atoms with van der Waals surface area (Å²) in [5.41, 5.74) is 3.54. The SMILES string of the molecule is COc1ccc(N2CCN(Cc3cc(=O)c(OC)cn3CC(=O)Nc3ccccc3C)CC2)cc1. The van der Waals surface area contributed by atoms with Crippen LogP contribution in [0.15, 0.2) is 65.6 Å². The molecule has 0 radical (unpaired) electrons. The molecule has 0 bridgehead atoms. The van der Waals surface area contributed by atoms with Gasteiger partial charge in [-0.3, -0.25) is 14.5 Å². The molecule has 2 heterocycles. The summed E-state index contributed by atoms with van der Waals surface area (Å²) in [4.78, 5) is 30.0. The summed E-state index contributed by atoms with van der Waals surface area (Å²) >= 11 is 0. The molecule has 0 atom stereocenters. The van der Waals surface area contributed by atoms with Crippen LogP contribution in [0.3, 0.4) is 0 Å². The molecule has 4 rings (SSSR count). The zero-order valence-corrected chi connectivity index (χ0v) is 20.5. The number of methoxy groups -OCH3 is 2. The number of amides is 1. The smallest absolute Gasteiger partial charge is 0.244 e. The third kappa shape index (κ3) is 6.02. The van der Waals surface area contributed by atoms with Crippen molar-refractivity contribution < 1.29 is 14.3 Å². The van der Waals surface area contributed by atoms with E-state index in [-0.39, 0.29) is 23.6 Å². The molecule has 0 spiro atoms. The van der Waals surface area contributed by atoms with Crippen LogP contribution in [-0.2, 0) is 17.9 Å². The lowest BCUT2D eigenvalue weighted by atomic mass is 10.2. The molecule has 35 heavy (non-hydrogen) atoms. The summed E-state index contributed by atoms with van der Waals surface area (Å²) in [6, 6.07) is 17.3. The fraction of sp³-hybridized carbons (Fsp3) is 0.333. The van der Waals surface area contributed by atoms with Gasteiger partial charge < -0.3 is 24.3 Å². The minimum absolute atomic E-state index is 0.0894. The average Bonchev–Trinajstić information content (AvgIpc) is 2.87. The summed E-state index contributed by atoms with van der Waals surface area (Å²) in [6.07, 6.45) is 1.63. The molecule has 1 N–H and O–H groups in total. The van der Waals surface area contributed by atoms with Crippen molar-refractivity contribution >= 4 is 17.3 Å². The van der Waals surface area contributed by atoms with Gasteiger partial charge in [-0.05, 0) is 42.8 Å². The number of nitrogens with one attached hydrogen (secondary N) is 1. The van der Waals surface area contributed by atoms with Crippen LogP contribution in [0.25, 0.3) is 0 Å². The maximum Gasteiger partial charge on any atom is 0.244 e. The molecule has 1 fully saturated rings. The first-order valence-corrected chi connectivity index (χ1v) is 11.7. The first-order valence-electron chi connectivity index (χ1n) is 11.7. The van der Waals surface area contributed by atoms with E-state index in [0.717, 1.165) is 48.9 Å². The lowest BCUT2D eigenvalue weighted by Gasteiger charge is -2.36. The molecule has 0 saturated carbocycles. The number of pyridine rings is 1. The van der Waals surface area contributed by atoms with E-state index < -0.39 is 0 Å². The maximum atomic E-state index is 12.8. The molecule has 1 amide bonds. The van der Waals surface area contributed by atoms with Gasteiger partial charge >= 0.3 is 0 Å². The molecule has 8 nitrogen and oxygen atoms in total. The van der Waals surface area contributed by atoms with Gasteiger partial charge in [-0.25, -0.2) is 0 Å². The highest BCUT2D eigenvalue weighted by atomic mass is 16.5. The number of carbonyl (C=O) groups is 1. The normalized spacial score (nSPS) is 14.0. The number of hydrogen-bond acceptors (Lipinski definition) is 6. The summed E-state index contributed by atoms with van der Waals surface area (Å²) in [7, 11) is 3.13. The fourth-order valence-corrected chi connectivity index (χ4v) is 4.27. The minimum Gasteiger partial charge on any atom is -0.497 e. The first-order chi connectivity index (χ1) is 17.0. The molecule has 1 saturated heterocycles. The van der Waals surface area contributed by atoms with Gasteiger partial charge in [0, 0.05) is 55.9 Å². The van der Waals surface area contributed by atoms with Crippen LogP contribution in [0.1, 0.15) is 11.3 Å². The molecule has 2 aromatic carbocycles. The number of piperazine rings is 1. The molecular weight excluding hydrogens is 444 g/mol. The van der Waals surface area contributed by atoms with Gasteiger partial charge in [0.15, 0.2) is 5.75 Å². The molecule has 1 aliphatic rings. The molecule has 184 valence electrons. The minimum atomic E-state index is -0.185. The van der Waals surface area contributed by atoms with Crippen LogP contribution in [0, 0.1) is 6.92 Å². The Bertz CT molecular complexity index is 1210. The number of hydrogen-bond donors (Lipinski definition) is 1. The summed E-state index contributed by atoms with van der Waals surface area (Å²) in [6.45, 7) is 6.07. The Morgan fingerprint density at radius 3 is 2.34 bits per heavy atom. The van der Waals surface area contributed by atoms with Gasteiger partial charge in [0.1, 0.15) is 12.3 Å². The second-order valence-electron chi connectivity index (χ2n) is 8.65. The Labute approximate surface area is 205 Å². The van der Waals surface area contributed by atoms with Crippen molar-refractivity contribution in [1.82, 2.24) is 9.47 Å². The molecule has 1 aliphatic heterocycles. The van der Waals surface area contributed by atoms with Crippen molar-refractivity contribution in [3.63, 3.8) is 0 Å².